The molecule has 0 aliphatic carbocycles. The van der Waals surface area contributed by atoms with Gasteiger partial charge in [0.15, 0.2) is 0 Å². The van der Waals surface area contributed by atoms with Gasteiger partial charge in [-0.3, -0.25) is 0 Å². The lowest BCUT2D eigenvalue weighted by Crippen LogP contribution is -2.51. The summed E-state index contributed by atoms with van der Waals surface area (Å²) >= 11 is 1.26. The standard InChI is InChI=1S/C25H34O6S/c1-6-31-16-9-7-15(8-10-16)25(3,4)18-12-17(19(30-5)11-14(18)2)24-23(29)22(28)21(27)20(13-26)32-24/h7-12,20-24,26-29H,6,13H2,1-5H3/t20-,21-,22+,23-,24?/m1/s1. The minimum atomic E-state index is -1.35. The van der Waals surface area contributed by atoms with E-state index in [4.69, 9.17) is 9.47 Å². The molecule has 1 aliphatic heterocycles. The van der Waals surface area contributed by atoms with Crippen LogP contribution in [0.5, 0.6) is 11.5 Å². The number of hydrogen-bond acceptors (Lipinski definition) is 7. The summed E-state index contributed by atoms with van der Waals surface area (Å²) in [7, 11) is 1.57. The molecule has 0 bridgehead atoms. The van der Waals surface area contributed by atoms with Crippen molar-refractivity contribution in [3.8, 4) is 11.5 Å². The predicted octanol–water partition coefficient (Wildman–Crippen LogP) is 2.96. The molecule has 7 heteroatoms. The highest BCUT2D eigenvalue weighted by Crippen LogP contribution is 2.48. The number of aliphatic hydroxyl groups excluding tert-OH is 4. The maximum atomic E-state index is 10.8. The number of thioether (sulfide) groups is 1. The van der Waals surface area contributed by atoms with Crippen molar-refractivity contribution in [2.24, 2.45) is 0 Å². The largest absolute Gasteiger partial charge is 0.496 e. The van der Waals surface area contributed by atoms with Gasteiger partial charge in [0.2, 0.25) is 0 Å². The van der Waals surface area contributed by atoms with E-state index < -0.39 is 28.8 Å². The van der Waals surface area contributed by atoms with E-state index in [0.717, 1.165) is 28.0 Å². The molecule has 1 fully saturated rings. The Morgan fingerprint density at radius 1 is 1.00 bits per heavy atom. The van der Waals surface area contributed by atoms with E-state index in [0.29, 0.717) is 12.4 Å². The second-order valence-corrected chi connectivity index (χ2v) is 10.1. The molecule has 5 atom stereocenters. The Labute approximate surface area is 194 Å². The Morgan fingerprint density at radius 2 is 1.66 bits per heavy atom. The molecule has 1 saturated heterocycles. The molecule has 0 saturated carbocycles. The Kier molecular flexibility index (Phi) is 7.78. The third kappa shape index (κ3) is 4.63. The molecule has 2 aromatic carbocycles. The summed E-state index contributed by atoms with van der Waals surface area (Å²) in [6.45, 7) is 8.57. The molecule has 0 radical (unpaired) electrons. The summed E-state index contributed by atoms with van der Waals surface area (Å²) in [5, 5.41) is 39.9. The van der Waals surface area contributed by atoms with Crippen molar-refractivity contribution >= 4 is 11.8 Å². The van der Waals surface area contributed by atoms with Crippen molar-refractivity contribution in [3.63, 3.8) is 0 Å². The average Bonchev–Trinajstić information content (AvgIpc) is 2.78. The maximum absolute atomic E-state index is 10.8. The van der Waals surface area contributed by atoms with Gasteiger partial charge in [-0.05, 0) is 54.8 Å². The minimum Gasteiger partial charge on any atom is -0.496 e. The second kappa shape index (κ2) is 10.0. The first-order chi connectivity index (χ1) is 15.1. The van der Waals surface area contributed by atoms with Crippen LogP contribution < -0.4 is 9.47 Å². The van der Waals surface area contributed by atoms with E-state index in [9.17, 15) is 20.4 Å². The van der Waals surface area contributed by atoms with Gasteiger partial charge in [0.05, 0.1) is 43.0 Å². The van der Waals surface area contributed by atoms with Crippen molar-refractivity contribution < 1.29 is 29.9 Å². The van der Waals surface area contributed by atoms with Crippen LogP contribution in [0.25, 0.3) is 0 Å². The Morgan fingerprint density at radius 3 is 2.22 bits per heavy atom. The summed E-state index contributed by atoms with van der Waals surface area (Å²) in [5.41, 5.74) is 3.59. The van der Waals surface area contributed by atoms with E-state index >= 15 is 0 Å². The van der Waals surface area contributed by atoms with Crippen LogP contribution in [0.4, 0.5) is 0 Å². The highest BCUT2D eigenvalue weighted by atomic mass is 32.2. The molecule has 176 valence electrons. The van der Waals surface area contributed by atoms with Crippen LogP contribution >= 0.6 is 11.8 Å². The summed E-state index contributed by atoms with van der Waals surface area (Å²) in [6.07, 6.45) is -3.75. The molecule has 3 rings (SSSR count). The lowest BCUT2D eigenvalue weighted by Gasteiger charge is -2.40. The van der Waals surface area contributed by atoms with Crippen LogP contribution in [0.2, 0.25) is 0 Å². The first-order valence-corrected chi connectivity index (χ1v) is 11.8. The predicted molar refractivity (Wildman–Crippen MR) is 127 cm³/mol. The van der Waals surface area contributed by atoms with E-state index in [2.05, 4.69) is 26.0 Å². The normalized spacial score (nSPS) is 26.1. The highest BCUT2D eigenvalue weighted by molar-refractivity contribution is 8.00. The number of benzene rings is 2. The van der Waals surface area contributed by atoms with Crippen molar-refractivity contribution in [3.05, 3.63) is 58.7 Å². The van der Waals surface area contributed by atoms with E-state index in [1.54, 1.807) is 7.11 Å². The number of aryl methyl sites for hydroxylation is 1. The quantitative estimate of drug-likeness (QED) is 0.502. The zero-order valence-corrected chi connectivity index (χ0v) is 20.1. The first kappa shape index (κ1) is 24.9. The molecule has 2 aromatic rings. The van der Waals surface area contributed by atoms with E-state index in [-0.39, 0.29) is 12.0 Å². The molecule has 1 aliphatic rings. The summed E-state index contributed by atoms with van der Waals surface area (Å²) in [6, 6.07) is 12.0. The number of hydrogen-bond donors (Lipinski definition) is 4. The number of rotatable bonds is 7. The fourth-order valence-electron chi connectivity index (χ4n) is 4.42. The van der Waals surface area contributed by atoms with Crippen molar-refractivity contribution in [1.82, 2.24) is 0 Å². The van der Waals surface area contributed by atoms with E-state index in [1.165, 1.54) is 11.8 Å². The van der Waals surface area contributed by atoms with Gasteiger partial charge in [0.25, 0.3) is 0 Å². The fraction of sp³-hybridized carbons (Fsp3) is 0.520. The number of aliphatic hydroxyl groups is 4. The lowest BCUT2D eigenvalue weighted by molar-refractivity contribution is -0.0701. The number of ether oxygens (including phenoxy) is 2. The molecule has 4 N–H and O–H groups in total. The Bertz CT molecular complexity index is 911. The zero-order chi connectivity index (χ0) is 23.6. The van der Waals surface area contributed by atoms with Crippen LogP contribution in [0, 0.1) is 6.92 Å². The number of methoxy groups -OCH3 is 1. The summed E-state index contributed by atoms with van der Waals surface area (Å²) < 4.78 is 11.2. The van der Waals surface area contributed by atoms with Gasteiger partial charge < -0.3 is 29.9 Å². The lowest BCUT2D eigenvalue weighted by atomic mass is 9.75. The molecule has 0 spiro atoms. The van der Waals surface area contributed by atoms with Gasteiger partial charge in [0.1, 0.15) is 17.6 Å². The Hall–Kier alpha value is -1.77. The van der Waals surface area contributed by atoms with Gasteiger partial charge in [-0.15, -0.1) is 11.8 Å². The summed E-state index contributed by atoms with van der Waals surface area (Å²) in [5.74, 6) is 1.43. The average molecular weight is 463 g/mol. The SMILES string of the molecule is CCOc1ccc(C(C)(C)c2cc(C3S[C@H](CO)[C@@H](O)[C@H](O)[C@H]3O)c(OC)cc2C)cc1. The van der Waals surface area contributed by atoms with Gasteiger partial charge in [-0.2, -0.15) is 0 Å². The third-order valence-electron chi connectivity index (χ3n) is 6.34. The molecule has 0 aromatic heterocycles. The minimum absolute atomic E-state index is 0.301. The monoisotopic (exact) mass is 462 g/mol. The maximum Gasteiger partial charge on any atom is 0.123 e. The van der Waals surface area contributed by atoms with Crippen LogP contribution in [-0.2, 0) is 5.41 Å². The van der Waals surface area contributed by atoms with Crippen molar-refractivity contribution in [2.75, 3.05) is 20.3 Å². The van der Waals surface area contributed by atoms with Crippen LogP contribution in [0.15, 0.2) is 36.4 Å². The molecule has 1 unspecified atom stereocenters. The van der Waals surface area contributed by atoms with Gasteiger partial charge in [-0.25, -0.2) is 0 Å². The zero-order valence-electron chi connectivity index (χ0n) is 19.3. The van der Waals surface area contributed by atoms with Crippen LogP contribution in [0.1, 0.15) is 48.3 Å². The van der Waals surface area contributed by atoms with Gasteiger partial charge in [-0.1, -0.05) is 26.0 Å². The van der Waals surface area contributed by atoms with Gasteiger partial charge >= 0.3 is 0 Å². The topological polar surface area (TPSA) is 99.4 Å². The van der Waals surface area contributed by atoms with Crippen LogP contribution in [0.3, 0.4) is 0 Å². The first-order valence-electron chi connectivity index (χ1n) is 10.9. The molecule has 0 amide bonds. The highest BCUT2D eigenvalue weighted by Gasteiger charge is 2.44. The van der Waals surface area contributed by atoms with Crippen molar-refractivity contribution in [2.45, 2.75) is 61.9 Å². The molecule has 1 heterocycles. The fourth-order valence-corrected chi connectivity index (χ4v) is 5.86. The molecular weight excluding hydrogens is 428 g/mol. The van der Waals surface area contributed by atoms with E-state index in [1.807, 2.05) is 38.1 Å². The third-order valence-corrected chi connectivity index (χ3v) is 7.94. The molecular formula is C25H34O6S. The van der Waals surface area contributed by atoms with Gasteiger partial charge in [0, 0.05) is 11.0 Å². The molecule has 32 heavy (non-hydrogen) atoms. The van der Waals surface area contributed by atoms with Crippen LogP contribution in [-0.4, -0.2) is 64.3 Å². The molecule has 6 nitrogen and oxygen atoms in total. The second-order valence-electron chi connectivity index (χ2n) is 8.74. The Balaban J connectivity index is 2.06. The van der Waals surface area contributed by atoms with Crippen molar-refractivity contribution in [1.29, 1.82) is 0 Å². The smallest absolute Gasteiger partial charge is 0.123 e. The summed E-state index contributed by atoms with van der Waals surface area (Å²) in [4.78, 5) is 0.